The van der Waals surface area contributed by atoms with E-state index in [1.165, 1.54) is 30.7 Å². The Morgan fingerprint density at radius 3 is 2.91 bits per heavy atom. The van der Waals surface area contributed by atoms with E-state index in [2.05, 4.69) is 15.3 Å². The lowest BCUT2D eigenvalue weighted by Gasteiger charge is -2.04. The quantitative estimate of drug-likeness (QED) is 0.583. The molecule has 0 saturated heterocycles. The zero-order valence-corrected chi connectivity index (χ0v) is 11.7. The molecule has 118 valence electrons. The smallest absolute Gasteiger partial charge is 0.416 e. The van der Waals surface area contributed by atoms with Crippen molar-refractivity contribution in [1.29, 1.82) is 0 Å². The first-order chi connectivity index (χ1) is 11.0. The number of aromatic amines is 1. The predicted molar refractivity (Wildman–Crippen MR) is 79.8 cm³/mol. The average molecular weight is 317 g/mol. The fraction of sp³-hybridized carbons (Fsp3) is 0.0714. The zero-order chi connectivity index (χ0) is 16.6. The van der Waals surface area contributed by atoms with Crippen LogP contribution in [0.5, 0.6) is 0 Å². The van der Waals surface area contributed by atoms with Gasteiger partial charge in [0, 0.05) is 23.7 Å². The number of primary amides is 1. The van der Waals surface area contributed by atoms with E-state index in [0.717, 1.165) is 4.57 Å². The van der Waals surface area contributed by atoms with Gasteiger partial charge in [0.2, 0.25) is 0 Å². The summed E-state index contributed by atoms with van der Waals surface area (Å²) in [5.41, 5.74) is 5.94. The number of carboxylic acid groups (broad SMARTS) is 1. The molecule has 0 unspecified atom stereocenters. The van der Waals surface area contributed by atoms with E-state index in [4.69, 9.17) is 5.73 Å². The molecular formula is C14H12FN5O3. The normalized spacial score (nSPS) is 10.8. The molecule has 3 rings (SSSR count). The van der Waals surface area contributed by atoms with Gasteiger partial charge in [-0.15, -0.1) is 0 Å². The molecule has 0 atom stereocenters. The van der Waals surface area contributed by atoms with E-state index in [-0.39, 0.29) is 29.0 Å². The van der Waals surface area contributed by atoms with Gasteiger partial charge in [0.1, 0.15) is 11.5 Å². The summed E-state index contributed by atoms with van der Waals surface area (Å²) in [5.74, 6) is -1.01. The van der Waals surface area contributed by atoms with Crippen molar-refractivity contribution >= 4 is 28.7 Å². The first-order valence-electron chi connectivity index (χ1n) is 6.58. The van der Waals surface area contributed by atoms with E-state index >= 15 is 0 Å². The van der Waals surface area contributed by atoms with Gasteiger partial charge in [0.05, 0.1) is 11.8 Å². The zero-order valence-electron chi connectivity index (χ0n) is 11.7. The van der Waals surface area contributed by atoms with Crippen molar-refractivity contribution in [2.24, 2.45) is 5.73 Å². The summed E-state index contributed by atoms with van der Waals surface area (Å²) in [6.45, 7) is 0.0723. The van der Waals surface area contributed by atoms with E-state index in [1.54, 1.807) is 0 Å². The number of amides is 1. The lowest BCUT2D eigenvalue weighted by molar-refractivity contribution is 0.0996. The molecule has 3 aromatic rings. The van der Waals surface area contributed by atoms with Crippen LogP contribution in [-0.4, -0.2) is 31.6 Å². The van der Waals surface area contributed by atoms with Crippen LogP contribution in [0.4, 0.5) is 15.0 Å². The molecule has 5 N–H and O–H groups in total. The van der Waals surface area contributed by atoms with Crippen LogP contribution in [-0.2, 0) is 6.54 Å². The third-order valence-electron chi connectivity index (χ3n) is 3.40. The number of aromatic nitrogens is 3. The van der Waals surface area contributed by atoms with Gasteiger partial charge in [-0.2, -0.15) is 0 Å². The molecule has 2 aromatic heterocycles. The van der Waals surface area contributed by atoms with Gasteiger partial charge >= 0.3 is 6.09 Å². The summed E-state index contributed by atoms with van der Waals surface area (Å²) in [4.78, 5) is 29.0. The van der Waals surface area contributed by atoms with Gasteiger partial charge < -0.3 is 21.1 Å². The number of nitrogens with zero attached hydrogens (tertiary/aromatic N) is 2. The molecule has 0 fully saturated rings. The van der Waals surface area contributed by atoms with Crippen LogP contribution in [0.15, 0.2) is 30.7 Å². The largest absolute Gasteiger partial charge is 0.464 e. The van der Waals surface area contributed by atoms with Gasteiger partial charge in [-0.1, -0.05) is 6.07 Å². The number of nitrogens with two attached hydrogens (primary N) is 1. The Kier molecular flexibility index (Phi) is 3.45. The Balaban J connectivity index is 1.99. The molecule has 9 heteroatoms. The summed E-state index contributed by atoms with van der Waals surface area (Å²) in [7, 11) is 0. The van der Waals surface area contributed by atoms with Gasteiger partial charge in [0.15, 0.2) is 5.82 Å². The van der Waals surface area contributed by atoms with Crippen LogP contribution in [0.1, 0.15) is 16.1 Å². The Hall–Kier alpha value is -3.36. The fourth-order valence-electron chi connectivity index (χ4n) is 2.41. The molecular weight excluding hydrogens is 305 g/mol. The lowest BCUT2D eigenvalue weighted by Crippen LogP contribution is -2.14. The number of carbonyl (C=O) groups is 2. The molecule has 0 spiro atoms. The Labute approximate surface area is 128 Å². The SMILES string of the molecule is NC(=O)c1[nH]cnc1NCc1cn(C(=O)O)c2cccc(F)c12. The highest BCUT2D eigenvalue weighted by Crippen LogP contribution is 2.25. The first-order valence-corrected chi connectivity index (χ1v) is 6.58. The third kappa shape index (κ3) is 2.48. The highest BCUT2D eigenvalue weighted by Gasteiger charge is 2.17. The molecule has 0 aliphatic heterocycles. The molecule has 0 aliphatic carbocycles. The minimum atomic E-state index is -1.22. The number of hydrogen-bond acceptors (Lipinski definition) is 4. The summed E-state index contributed by atoms with van der Waals surface area (Å²) < 4.78 is 15.0. The van der Waals surface area contributed by atoms with E-state index in [0.29, 0.717) is 5.56 Å². The Morgan fingerprint density at radius 2 is 2.22 bits per heavy atom. The van der Waals surface area contributed by atoms with Crippen LogP contribution in [0.25, 0.3) is 10.9 Å². The molecule has 23 heavy (non-hydrogen) atoms. The standard InChI is InChI=1S/C14H12FN5O3/c15-8-2-1-3-9-10(8)7(5-20(9)14(22)23)4-17-13-11(12(16)21)18-6-19-13/h1-3,5-6,17H,4H2,(H2,16,21)(H,18,19)(H,22,23). The number of H-pyrrole nitrogens is 1. The minimum absolute atomic E-state index is 0.0723. The number of imidazole rings is 1. The van der Waals surface area contributed by atoms with Crippen molar-refractivity contribution in [2.75, 3.05) is 5.32 Å². The fourth-order valence-corrected chi connectivity index (χ4v) is 2.41. The minimum Gasteiger partial charge on any atom is -0.464 e. The highest BCUT2D eigenvalue weighted by atomic mass is 19.1. The lowest BCUT2D eigenvalue weighted by atomic mass is 10.1. The number of halogens is 1. The molecule has 0 radical (unpaired) electrons. The van der Waals surface area contributed by atoms with Gasteiger partial charge in [-0.3, -0.25) is 9.36 Å². The van der Waals surface area contributed by atoms with Crippen molar-refractivity contribution in [2.45, 2.75) is 6.54 Å². The molecule has 0 aliphatic rings. The third-order valence-corrected chi connectivity index (χ3v) is 3.40. The van der Waals surface area contributed by atoms with E-state index in [9.17, 15) is 19.1 Å². The van der Waals surface area contributed by atoms with Crippen LogP contribution < -0.4 is 11.1 Å². The maximum Gasteiger partial charge on any atom is 0.416 e. The Bertz CT molecular complexity index is 914. The topological polar surface area (TPSA) is 126 Å². The first kappa shape index (κ1) is 14.6. The molecule has 1 aromatic carbocycles. The van der Waals surface area contributed by atoms with Crippen LogP contribution in [0.3, 0.4) is 0 Å². The monoisotopic (exact) mass is 317 g/mol. The van der Waals surface area contributed by atoms with E-state index in [1.807, 2.05) is 0 Å². The Morgan fingerprint density at radius 1 is 1.43 bits per heavy atom. The number of anilines is 1. The summed E-state index contributed by atoms with van der Waals surface area (Å²) >= 11 is 0. The molecule has 0 bridgehead atoms. The van der Waals surface area contributed by atoms with Gasteiger partial charge in [-0.25, -0.2) is 14.2 Å². The van der Waals surface area contributed by atoms with Gasteiger partial charge in [-0.05, 0) is 12.1 Å². The number of fused-ring (bicyclic) bond motifs is 1. The predicted octanol–water partition coefficient (Wildman–Crippen LogP) is 1.74. The molecule has 1 amide bonds. The van der Waals surface area contributed by atoms with Crippen LogP contribution in [0.2, 0.25) is 0 Å². The van der Waals surface area contributed by atoms with Crippen molar-refractivity contribution < 1.29 is 19.1 Å². The summed E-state index contributed by atoms with van der Waals surface area (Å²) in [6.07, 6.45) is 1.40. The second-order valence-corrected chi connectivity index (χ2v) is 4.78. The summed E-state index contributed by atoms with van der Waals surface area (Å²) in [5, 5.41) is 12.2. The number of nitrogens with one attached hydrogen (secondary N) is 2. The molecule has 2 heterocycles. The molecule has 8 nitrogen and oxygen atoms in total. The average Bonchev–Trinajstić information content (AvgIpc) is 3.10. The maximum absolute atomic E-state index is 14.1. The number of benzene rings is 1. The second kappa shape index (κ2) is 5.44. The van der Waals surface area contributed by atoms with Crippen molar-refractivity contribution in [3.05, 3.63) is 47.8 Å². The number of rotatable bonds is 4. The van der Waals surface area contributed by atoms with Crippen LogP contribution >= 0.6 is 0 Å². The summed E-state index contributed by atoms with van der Waals surface area (Å²) in [6, 6.07) is 4.20. The highest BCUT2D eigenvalue weighted by molar-refractivity contribution is 5.96. The van der Waals surface area contributed by atoms with Crippen molar-refractivity contribution in [3.8, 4) is 0 Å². The van der Waals surface area contributed by atoms with E-state index < -0.39 is 17.8 Å². The van der Waals surface area contributed by atoms with Crippen molar-refractivity contribution in [3.63, 3.8) is 0 Å². The van der Waals surface area contributed by atoms with Gasteiger partial charge in [0.25, 0.3) is 5.91 Å². The second-order valence-electron chi connectivity index (χ2n) is 4.78. The van der Waals surface area contributed by atoms with Crippen molar-refractivity contribution in [1.82, 2.24) is 14.5 Å². The maximum atomic E-state index is 14.1. The van der Waals surface area contributed by atoms with Crippen LogP contribution in [0, 0.1) is 5.82 Å². The number of hydrogen-bond donors (Lipinski definition) is 4. The number of carbonyl (C=O) groups excluding carboxylic acids is 1. The molecule has 0 saturated carbocycles.